The van der Waals surface area contributed by atoms with Crippen molar-refractivity contribution >= 4 is 54.1 Å². The fourth-order valence-corrected chi connectivity index (χ4v) is 5.31. The Balaban J connectivity index is 1.48. The van der Waals surface area contributed by atoms with Crippen LogP contribution in [0.4, 0.5) is 5.13 Å². The van der Waals surface area contributed by atoms with E-state index in [1.807, 2.05) is 54.6 Å². The number of nitrogens with one attached hydrogen (secondary N) is 2. The Morgan fingerprint density at radius 3 is 2.60 bits per heavy atom. The average Bonchev–Trinajstić information content (AvgIpc) is 3.29. The molecule has 8 heteroatoms. The summed E-state index contributed by atoms with van der Waals surface area (Å²) in [6.45, 7) is 1.78. The molecule has 2 aromatic carbocycles. The molecule has 0 saturated carbocycles. The first kappa shape index (κ1) is 18.7. The molecule has 5 aromatic rings. The van der Waals surface area contributed by atoms with Gasteiger partial charge < -0.3 is 4.98 Å². The Labute approximate surface area is 179 Å². The number of amides is 1. The molecule has 0 aliphatic carbocycles. The molecule has 0 bridgehead atoms. The summed E-state index contributed by atoms with van der Waals surface area (Å²) in [6.07, 6.45) is 0.524. The maximum absolute atomic E-state index is 12.9. The number of fused-ring (bicyclic) bond motifs is 2. The van der Waals surface area contributed by atoms with Crippen molar-refractivity contribution in [3.63, 3.8) is 0 Å². The summed E-state index contributed by atoms with van der Waals surface area (Å²) in [6, 6.07) is 17.5. The van der Waals surface area contributed by atoms with E-state index in [1.54, 1.807) is 6.92 Å². The first-order valence-electron chi connectivity index (χ1n) is 9.31. The number of hydrogen-bond donors (Lipinski definition) is 2. The molecule has 0 radical (unpaired) electrons. The molecule has 30 heavy (non-hydrogen) atoms. The number of nitrogens with zero attached hydrogens (tertiary/aromatic N) is 2. The fourth-order valence-electron chi connectivity index (χ4n) is 3.36. The zero-order valence-electron chi connectivity index (χ0n) is 15.9. The van der Waals surface area contributed by atoms with Crippen molar-refractivity contribution in [3.8, 4) is 0 Å². The molecular formula is C22H16N4O2S2. The Hall–Kier alpha value is -3.36. The Morgan fingerprint density at radius 2 is 1.80 bits per heavy atom. The molecule has 0 fully saturated rings. The lowest BCUT2D eigenvalue weighted by atomic mass is 10.1. The Bertz CT molecular complexity index is 1420. The van der Waals surface area contributed by atoms with Crippen molar-refractivity contribution in [2.45, 2.75) is 13.3 Å². The molecule has 3 heterocycles. The molecule has 3 aromatic heterocycles. The van der Waals surface area contributed by atoms with E-state index in [-0.39, 0.29) is 11.5 Å². The first-order valence-corrected chi connectivity index (χ1v) is 10.9. The summed E-state index contributed by atoms with van der Waals surface area (Å²) in [5, 5.41) is 3.86. The van der Waals surface area contributed by atoms with Crippen LogP contribution < -0.4 is 10.9 Å². The van der Waals surface area contributed by atoms with Crippen molar-refractivity contribution in [1.82, 2.24) is 15.0 Å². The molecule has 1 amide bonds. The van der Waals surface area contributed by atoms with Crippen LogP contribution in [-0.4, -0.2) is 20.9 Å². The summed E-state index contributed by atoms with van der Waals surface area (Å²) in [4.78, 5) is 38.5. The van der Waals surface area contributed by atoms with Crippen LogP contribution in [0, 0.1) is 6.92 Å². The van der Waals surface area contributed by atoms with E-state index in [1.165, 1.54) is 22.7 Å². The van der Waals surface area contributed by atoms with Crippen molar-refractivity contribution in [2.24, 2.45) is 0 Å². The summed E-state index contributed by atoms with van der Waals surface area (Å²) in [7, 11) is 0. The molecule has 0 unspecified atom stereocenters. The van der Waals surface area contributed by atoms with Gasteiger partial charge in [0.1, 0.15) is 10.7 Å². The van der Waals surface area contributed by atoms with Crippen LogP contribution in [0.25, 0.3) is 20.4 Å². The van der Waals surface area contributed by atoms with Crippen LogP contribution in [0.3, 0.4) is 0 Å². The topological polar surface area (TPSA) is 87.7 Å². The summed E-state index contributed by atoms with van der Waals surface area (Å²) < 4.78 is 1.00. The van der Waals surface area contributed by atoms with E-state index in [4.69, 9.17) is 0 Å². The predicted molar refractivity (Wildman–Crippen MR) is 122 cm³/mol. The lowest BCUT2D eigenvalue weighted by molar-refractivity contribution is 0.103. The molecular weight excluding hydrogens is 416 g/mol. The molecule has 0 atom stereocenters. The smallest absolute Gasteiger partial charge is 0.267 e. The monoisotopic (exact) mass is 432 g/mol. The van der Waals surface area contributed by atoms with Crippen LogP contribution in [-0.2, 0) is 6.42 Å². The van der Waals surface area contributed by atoms with Gasteiger partial charge in [-0.15, -0.1) is 11.3 Å². The second-order valence-electron chi connectivity index (χ2n) is 6.85. The largest absolute Gasteiger partial charge is 0.310 e. The SMILES string of the molecule is Cc1c(C(=O)Nc2nc3ccccc3s2)sc2nc(Cc3ccccc3)[nH]c(=O)c12. The summed E-state index contributed by atoms with van der Waals surface area (Å²) >= 11 is 2.65. The van der Waals surface area contributed by atoms with Gasteiger partial charge in [-0.25, -0.2) is 9.97 Å². The fraction of sp³-hybridized carbons (Fsp3) is 0.0909. The van der Waals surface area contributed by atoms with Gasteiger partial charge in [-0.1, -0.05) is 53.8 Å². The molecule has 148 valence electrons. The van der Waals surface area contributed by atoms with Gasteiger partial charge in [-0.05, 0) is 30.2 Å². The minimum Gasteiger partial charge on any atom is -0.310 e. The Kier molecular flexibility index (Phi) is 4.65. The van der Waals surface area contributed by atoms with Crippen molar-refractivity contribution < 1.29 is 4.79 Å². The van der Waals surface area contributed by atoms with Gasteiger partial charge in [0, 0.05) is 6.42 Å². The van der Waals surface area contributed by atoms with Gasteiger partial charge >= 0.3 is 0 Å². The lowest BCUT2D eigenvalue weighted by Gasteiger charge is -2.01. The van der Waals surface area contributed by atoms with E-state index >= 15 is 0 Å². The van der Waals surface area contributed by atoms with Gasteiger partial charge in [-0.2, -0.15) is 0 Å². The van der Waals surface area contributed by atoms with Crippen molar-refractivity contribution in [3.05, 3.63) is 86.8 Å². The number of rotatable bonds is 4. The zero-order chi connectivity index (χ0) is 20.7. The molecule has 2 N–H and O–H groups in total. The molecule has 5 rings (SSSR count). The lowest BCUT2D eigenvalue weighted by Crippen LogP contribution is -2.13. The van der Waals surface area contributed by atoms with Crippen molar-refractivity contribution in [2.75, 3.05) is 5.32 Å². The number of benzene rings is 2. The van der Waals surface area contributed by atoms with Crippen LogP contribution in [0.5, 0.6) is 0 Å². The first-order chi connectivity index (χ1) is 14.6. The summed E-state index contributed by atoms with van der Waals surface area (Å²) in [5.41, 5.74) is 2.31. The van der Waals surface area contributed by atoms with E-state index in [2.05, 4.69) is 20.3 Å². The number of para-hydroxylation sites is 1. The molecule has 0 spiro atoms. The highest BCUT2D eigenvalue weighted by molar-refractivity contribution is 7.23. The molecule has 0 aliphatic heterocycles. The van der Waals surface area contributed by atoms with E-state index < -0.39 is 0 Å². The van der Waals surface area contributed by atoms with Crippen LogP contribution in [0.15, 0.2) is 59.4 Å². The van der Waals surface area contributed by atoms with E-state index in [0.29, 0.717) is 38.0 Å². The number of aromatic nitrogens is 3. The number of thiazole rings is 1. The van der Waals surface area contributed by atoms with Crippen LogP contribution in [0.1, 0.15) is 26.6 Å². The quantitative estimate of drug-likeness (QED) is 0.429. The van der Waals surface area contributed by atoms with E-state index in [0.717, 1.165) is 15.8 Å². The number of anilines is 1. The molecule has 6 nitrogen and oxygen atoms in total. The molecule has 0 saturated heterocycles. The van der Waals surface area contributed by atoms with Gasteiger partial charge in [0.25, 0.3) is 11.5 Å². The highest BCUT2D eigenvalue weighted by Crippen LogP contribution is 2.30. The normalized spacial score (nSPS) is 11.2. The third kappa shape index (κ3) is 3.40. The van der Waals surface area contributed by atoms with Gasteiger partial charge in [0.15, 0.2) is 5.13 Å². The Morgan fingerprint density at radius 1 is 1.03 bits per heavy atom. The number of thiophene rings is 1. The van der Waals surface area contributed by atoms with Crippen molar-refractivity contribution in [1.29, 1.82) is 0 Å². The predicted octanol–water partition coefficient (Wildman–Crippen LogP) is 4.75. The van der Waals surface area contributed by atoms with Crippen LogP contribution in [0.2, 0.25) is 0 Å². The van der Waals surface area contributed by atoms with E-state index in [9.17, 15) is 9.59 Å². The number of carbonyl (C=O) groups is 1. The molecule has 0 aliphatic rings. The average molecular weight is 433 g/mol. The maximum Gasteiger partial charge on any atom is 0.267 e. The minimum absolute atomic E-state index is 0.223. The zero-order valence-corrected chi connectivity index (χ0v) is 17.6. The highest BCUT2D eigenvalue weighted by atomic mass is 32.1. The number of aryl methyl sites for hydroxylation is 1. The third-order valence-electron chi connectivity index (χ3n) is 4.78. The standard InChI is InChI=1S/C22H16N4O2S2/c1-12-17-19(27)24-16(11-13-7-3-2-4-8-13)25-21(17)30-18(12)20(28)26-22-23-14-9-5-6-10-15(14)29-22/h2-10H,11H2,1H3,(H,23,26,28)(H,24,25,27). The van der Waals surface area contributed by atoms with Crippen LogP contribution >= 0.6 is 22.7 Å². The highest BCUT2D eigenvalue weighted by Gasteiger charge is 2.20. The number of H-pyrrole nitrogens is 1. The van der Waals surface area contributed by atoms with Gasteiger partial charge in [-0.3, -0.25) is 14.9 Å². The number of carbonyl (C=O) groups excluding carboxylic acids is 1. The minimum atomic E-state index is -0.279. The van der Waals surface area contributed by atoms with Gasteiger partial charge in [0.05, 0.1) is 20.5 Å². The number of aromatic amines is 1. The third-order valence-corrected chi connectivity index (χ3v) is 6.92. The van der Waals surface area contributed by atoms with Gasteiger partial charge in [0.2, 0.25) is 0 Å². The summed E-state index contributed by atoms with van der Waals surface area (Å²) in [5.74, 6) is 0.302. The maximum atomic E-state index is 12.9. The number of hydrogen-bond acceptors (Lipinski definition) is 6. The second-order valence-corrected chi connectivity index (χ2v) is 8.88. The second kappa shape index (κ2) is 7.47.